The number of hydrogen-bond donors (Lipinski definition) is 2. The van der Waals surface area contributed by atoms with Crippen molar-refractivity contribution >= 4 is 32.5 Å². The highest BCUT2D eigenvalue weighted by Gasteiger charge is 2.12. The topological polar surface area (TPSA) is 88.2 Å². The van der Waals surface area contributed by atoms with Crippen molar-refractivity contribution in [2.75, 3.05) is 12.4 Å². The van der Waals surface area contributed by atoms with Crippen molar-refractivity contribution in [2.45, 2.75) is 4.90 Å². The van der Waals surface area contributed by atoms with E-state index >= 15 is 0 Å². The maximum absolute atomic E-state index is 12.3. The Morgan fingerprint density at radius 3 is 2.38 bits per heavy atom. The van der Waals surface area contributed by atoms with Gasteiger partial charge in [0.2, 0.25) is 10.0 Å². The summed E-state index contributed by atoms with van der Waals surface area (Å²) in [5, 5.41) is 3.66. The van der Waals surface area contributed by atoms with Crippen LogP contribution in [0.4, 0.5) is 5.69 Å². The summed E-state index contributed by atoms with van der Waals surface area (Å²) < 4.78 is 25.6. The zero-order valence-electron chi connectivity index (χ0n) is 12.9. The van der Waals surface area contributed by atoms with Crippen LogP contribution in [-0.2, 0) is 10.0 Å². The smallest absolute Gasteiger partial charge is 0.274 e. The molecule has 0 atom stereocenters. The monoisotopic (exact) mass is 341 g/mol. The summed E-state index contributed by atoms with van der Waals surface area (Å²) in [6.07, 6.45) is 0. The fourth-order valence-electron chi connectivity index (χ4n) is 2.22. The molecule has 1 amide bonds. The van der Waals surface area contributed by atoms with E-state index in [9.17, 15) is 13.2 Å². The lowest BCUT2D eigenvalue weighted by Gasteiger charge is -2.07. The van der Waals surface area contributed by atoms with E-state index in [0.717, 1.165) is 10.9 Å². The van der Waals surface area contributed by atoms with Gasteiger partial charge in [0.25, 0.3) is 5.91 Å². The molecule has 7 heteroatoms. The first-order valence-corrected chi connectivity index (χ1v) is 8.69. The van der Waals surface area contributed by atoms with Gasteiger partial charge in [-0.1, -0.05) is 24.3 Å². The molecule has 6 nitrogen and oxygen atoms in total. The number of nitrogens with zero attached hydrogens (tertiary/aromatic N) is 1. The van der Waals surface area contributed by atoms with Gasteiger partial charge in [0.15, 0.2) is 0 Å². The van der Waals surface area contributed by atoms with E-state index in [1.807, 2.05) is 30.3 Å². The molecule has 122 valence electrons. The Labute approximate surface area is 139 Å². The third-order valence-electron chi connectivity index (χ3n) is 3.52. The number of anilines is 1. The first-order valence-electron chi connectivity index (χ1n) is 7.20. The minimum absolute atomic E-state index is 0.131. The average molecular weight is 341 g/mol. The van der Waals surface area contributed by atoms with Crippen LogP contribution in [0.1, 0.15) is 10.5 Å². The molecule has 0 radical (unpaired) electrons. The summed E-state index contributed by atoms with van der Waals surface area (Å²) >= 11 is 0. The van der Waals surface area contributed by atoms with Gasteiger partial charge >= 0.3 is 0 Å². The van der Waals surface area contributed by atoms with E-state index in [1.165, 1.54) is 31.3 Å². The van der Waals surface area contributed by atoms with Gasteiger partial charge < -0.3 is 5.32 Å². The molecule has 1 heterocycles. The molecule has 0 spiro atoms. The lowest BCUT2D eigenvalue weighted by molar-refractivity contribution is 0.102. The summed E-state index contributed by atoms with van der Waals surface area (Å²) in [5.74, 6) is -0.357. The number of sulfonamides is 1. The average Bonchev–Trinajstić information content (AvgIpc) is 2.61. The predicted octanol–water partition coefficient (Wildman–Crippen LogP) is 2.40. The van der Waals surface area contributed by atoms with Gasteiger partial charge in [0.1, 0.15) is 5.69 Å². The molecule has 0 aliphatic heterocycles. The minimum Gasteiger partial charge on any atom is -0.321 e. The standard InChI is InChI=1S/C17H15N3O3S/c1-18-24(22,23)14-9-7-13(8-10-14)19-17(21)16-11-6-12-4-2-3-5-15(12)20-16/h2-11,18H,1H3,(H,19,21). The minimum atomic E-state index is -3.49. The van der Waals surface area contributed by atoms with Crippen LogP contribution in [0, 0.1) is 0 Å². The predicted molar refractivity (Wildman–Crippen MR) is 92.4 cm³/mol. The summed E-state index contributed by atoms with van der Waals surface area (Å²) in [7, 11) is -2.15. The Hall–Kier alpha value is -2.77. The molecular formula is C17H15N3O3S. The van der Waals surface area contributed by atoms with E-state index in [0.29, 0.717) is 11.4 Å². The molecule has 0 aliphatic carbocycles. The largest absolute Gasteiger partial charge is 0.321 e. The second-order valence-electron chi connectivity index (χ2n) is 5.08. The molecule has 0 unspecified atom stereocenters. The highest BCUT2D eigenvalue weighted by atomic mass is 32.2. The number of nitrogens with one attached hydrogen (secondary N) is 2. The quantitative estimate of drug-likeness (QED) is 0.763. The number of amides is 1. The number of hydrogen-bond acceptors (Lipinski definition) is 4. The molecule has 2 aromatic carbocycles. The van der Waals surface area contributed by atoms with Crippen LogP contribution in [-0.4, -0.2) is 26.4 Å². The highest BCUT2D eigenvalue weighted by molar-refractivity contribution is 7.89. The maximum atomic E-state index is 12.3. The SMILES string of the molecule is CNS(=O)(=O)c1ccc(NC(=O)c2ccc3ccccc3n2)cc1. The van der Waals surface area contributed by atoms with Crippen molar-refractivity contribution < 1.29 is 13.2 Å². The Morgan fingerprint density at radius 1 is 0.958 bits per heavy atom. The fraction of sp³-hybridized carbons (Fsp3) is 0.0588. The number of para-hydroxylation sites is 1. The number of rotatable bonds is 4. The van der Waals surface area contributed by atoms with Crippen LogP contribution in [0.5, 0.6) is 0 Å². The summed E-state index contributed by atoms with van der Waals surface area (Å²) in [4.78, 5) is 16.7. The van der Waals surface area contributed by atoms with Gasteiger partial charge in [0.05, 0.1) is 10.4 Å². The number of fused-ring (bicyclic) bond motifs is 1. The molecule has 1 aromatic heterocycles. The molecule has 2 N–H and O–H groups in total. The fourth-order valence-corrected chi connectivity index (χ4v) is 2.95. The molecule has 0 saturated heterocycles. The molecule has 0 fully saturated rings. The molecule has 3 rings (SSSR count). The second-order valence-corrected chi connectivity index (χ2v) is 6.96. The highest BCUT2D eigenvalue weighted by Crippen LogP contribution is 2.16. The lowest BCUT2D eigenvalue weighted by atomic mass is 10.2. The zero-order valence-corrected chi connectivity index (χ0v) is 13.7. The molecule has 0 aliphatic rings. The number of benzene rings is 2. The first kappa shape index (κ1) is 16.1. The van der Waals surface area contributed by atoms with Gasteiger partial charge in [-0.05, 0) is 43.4 Å². The zero-order chi connectivity index (χ0) is 17.2. The number of aromatic nitrogens is 1. The number of pyridine rings is 1. The summed E-state index contributed by atoms with van der Waals surface area (Å²) in [6, 6.07) is 16.9. The lowest BCUT2D eigenvalue weighted by Crippen LogP contribution is -2.18. The van der Waals surface area contributed by atoms with Crippen molar-refractivity contribution in [2.24, 2.45) is 0 Å². The molecule has 0 bridgehead atoms. The van der Waals surface area contributed by atoms with E-state index in [-0.39, 0.29) is 10.8 Å². The van der Waals surface area contributed by atoms with Crippen LogP contribution >= 0.6 is 0 Å². The molecule has 3 aromatic rings. The van der Waals surface area contributed by atoms with Crippen LogP contribution in [0.3, 0.4) is 0 Å². The van der Waals surface area contributed by atoms with Crippen LogP contribution in [0.2, 0.25) is 0 Å². The molecular weight excluding hydrogens is 326 g/mol. The van der Waals surface area contributed by atoms with E-state index in [4.69, 9.17) is 0 Å². The van der Waals surface area contributed by atoms with Gasteiger partial charge in [-0.2, -0.15) is 0 Å². The Bertz CT molecular complexity index is 999. The van der Waals surface area contributed by atoms with Crippen LogP contribution in [0.15, 0.2) is 65.6 Å². The number of carbonyl (C=O) groups excluding carboxylic acids is 1. The third-order valence-corrected chi connectivity index (χ3v) is 4.95. The number of carbonyl (C=O) groups is 1. The van der Waals surface area contributed by atoms with E-state index < -0.39 is 10.0 Å². The maximum Gasteiger partial charge on any atom is 0.274 e. The van der Waals surface area contributed by atoms with Crippen molar-refractivity contribution in [3.05, 3.63) is 66.4 Å². The van der Waals surface area contributed by atoms with Gasteiger partial charge in [-0.15, -0.1) is 0 Å². The summed E-state index contributed by atoms with van der Waals surface area (Å²) in [5.41, 5.74) is 1.52. The molecule has 24 heavy (non-hydrogen) atoms. The summed E-state index contributed by atoms with van der Waals surface area (Å²) in [6.45, 7) is 0. The second kappa shape index (κ2) is 6.38. The molecule has 0 saturated carbocycles. The first-order chi connectivity index (χ1) is 11.5. The Balaban J connectivity index is 1.81. The van der Waals surface area contributed by atoms with Gasteiger partial charge in [-0.25, -0.2) is 18.1 Å². The van der Waals surface area contributed by atoms with Gasteiger partial charge in [0, 0.05) is 11.1 Å². The van der Waals surface area contributed by atoms with Crippen molar-refractivity contribution in [1.82, 2.24) is 9.71 Å². The normalized spacial score (nSPS) is 11.4. The van der Waals surface area contributed by atoms with Crippen LogP contribution in [0.25, 0.3) is 10.9 Å². The Morgan fingerprint density at radius 2 is 1.67 bits per heavy atom. The third kappa shape index (κ3) is 3.27. The van der Waals surface area contributed by atoms with Crippen LogP contribution < -0.4 is 10.0 Å². The van der Waals surface area contributed by atoms with Crippen molar-refractivity contribution in [3.63, 3.8) is 0 Å². The van der Waals surface area contributed by atoms with Crippen molar-refractivity contribution in [1.29, 1.82) is 0 Å². The van der Waals surface area contributed by atoms with Crippen molar-refractivity contribution in [3.8, 4) is 0 Å². The van der Waals surface area contributed by atoms with E-state index in [2.05, 4.69) is 15.0 Å². The van der Waals surface area contributed by atoms with Gasteiger partial charge in [-0.3, -0.25) is 4.79 Å². The van der Waals surface area contributed by atoms with E-state index in [1.54, 1.807) is 6.07 Å². The Kier molecular flexibility index (Phi) is 4.28.